The van der Waals surface area contributed by atoms with E-state index in [1.165, 1.54) is 48.5 Å². The number of imide groups is 2. The summed E-state index contributed by atoms with van der Waals surface area (Å²) in [6.07, 6.45) is 0. The summed E-state index contributed by atoms with van der Waals surface area (Å²) >= 11 is 0. The minimum Gasteiger partial charge on any atom is -0.506 e. The Balaban J connectivity index is 1.19. The molecule has 0 spiro atoms. The van der Waals surface area contributed by atoms with Gasteiger partial charge in [0.05, 0.1) is 11.4 Å². The van der Waals surface area contributed by atoms with Crippen LogP contribution in [0.4, 0.5) is 27.5 Å². The third-order valence-electron chi connectivity index (χ3n) is 8.50. The number of nitrogens with one attached hydrogen (secondary N) is 4. The summed E-state index contributed by atoms with van der Waals surface area (Å²) in [5, 5.41) is 32.4. The number of rotatable bonds is 8. The maximum absolute atomic E-state index is 13.1. The molecule has 54 heavy (non-hydrogen) atoms. The molecule has 0 saturated heterocycles. The Labute approximate surface area is 307 Å². The van der Waals surface area contributed by atoms with Crippen LogP contribution >= 0.6 is 0 Å². The fourth-order valence-corrected chi connectivity index (χ4v) is 7.23. The Hall–Kier alpha value is -6.53. The van der Waals surface area contributed by atoms with Gasteiger partial charge >= 0.3 is 6.03 Å². The first kappa shape index (κ1) is 37.2. The van der Waals surface area contributed by atoms with Crippen molar-refractivity contribution >= 4 is 82.4 Å². The van der Waals surface area contributed by atoms with Gasteiger partial charge in [-0.3, -0.25) is 29.3 Å². The highest BCUT2D eigenvalue weighted by molar-refractivity contribution is 7.86. The van der Waals surface area contributed by atoms with Crippen molar-refractivity contribution < 1.29 is 50.5 Å². The van der Waals surface area contributed by atoms with E-state index in [1.807, 2.05) is 0 Å². The lowest BCUT2D eigenvalue weighted by Gasteiger charge is -2.17. The molecule has 0 saturated carbocycles. The molecule has 0 bridgehead atoms. The molecule has 0 radical (unpaired) electrons. The van der Waals surface area contributed by atoms with E-state index in [0.29, 0.717) is 22.5 Å². The highest BCUT2D eigenvalue weighted by atomic mass is 32.2. The van der Waals surface area contributed by atoms with Crippen molar-refractivity contribution in [3.63, 3.8) is 0 Å². The summed E-state index contributed by atoms with van der Waals surface area (Å²) < 4.78 is 67.2. The predicted molar refractivity (Wildman–Crippen MR) is 200 cm³/mol. The molecule has 0 heterocycles. The SMILES string of the molecule is Cc1ccc(C(=O)NC(=O)NC(=O)c2ccc(C)c(Nc3c(O)cc(S(=O)(=O)O)c4ccccc34)c2)cc1Nc1c(O)cc(S(=O)(=O)O)c2ccccc12. The second-order valence-electron chi connectivity index (χ2n) is 12.1. The van der Waals surface area contributed by atoms with E-state index in [-0.39, 0.29) is 44.0 Å². The van der Waals surface area contributed by atoms with E-state index >= 15 is 0 Å². The van der Waals surface area contributed by atoms with Gasteiger partial charge in [-0.05, 0) is 49.2 Å². The number of hydrogen-bond donors (Lipinski definition) is 8. The highest BCUT2D eigenvalue weighted by Gasteiger charge is 2.23. The smallest absolute Gasteiger partial charge is 0.328 e. The second kappa shape index (κ2) is 14.1. The molecule has 276 valence electrons. The maximum Gasteiger partial charge on any atom is 0.328 e. The molecule has 0 aliphatic carbocycles. The Morgan fingerprint density at radius 3 is 1.22 bits per heavy atom. The molecule has 0 aliphatic heterocycles. The van der Waals surface area contributed by atoms with Gasteiger partial charge in [-0.25, -0.2) is 4.79 Å². The van der Waals surface area contributed by atoms with Crippen LogP contribution in [0.3, 0.4) is 0 Å². The molecule has 8 N–H and O–H groups in total. The van der Waals surface area contributed by atoms with E-state index in [1.54, 1.807) is 50.2 Å². The zero-order valence-corrected chi connectivity index (χ0v) is 29.8. The van der Waals surface area contributed by atoms with E-state index < -0.39 is 59.4 Å². The largest absolute Gasteiger partial charge is 0.506 e. The third kappa shape index (κ3) is 7.50. The highest BCUT2D eigenvalue weighted by Crippen LogP contribution is 2.41. The lowest BCUT2D eigenvalue weighted by molar-refractivity contribution is 0.0944. The molecule has 0 fully saturated rings. The van der Waals surface area contributed by atoms with Crippen molar-refractivity contribution in [2.24, 2.45) is 0 Å². The fourth-order valence-electron chi connectivity index (χ4n) is 5.79. The summed E-state index contributed by atoms with van der Waals surface area (Å²) in [4.78, 5) is 38.0. The normalized spacial score (nSPS) is 11.6. The van der Waals surface area contributed by atoms with Gasteiger partial charge in [0.25, 0.3) is 32.1 Å². The van der Waals surface area contributed by atoms with Crippen molar-refractivity contribution in [2.75, 3.05) is 10.6 Å². The fraction of sp³-hybridized carbons (Fsp3) is 0.0541. The molecule has 4 amide bonds. The summed E-state index contributed by atoms with van der Waals surface area (Å²) in [6.45, 7) is 3.40. The molecule has 0 unspecified atom stereocenters. The van der Waals surface area contributed by atoms with Gasteiger partial charge in [0.2, 0.25) is 0 Å². The second-order valence-corrected chi connectivity index (χ2v) is 14.9. The molecule has 6 rings (SSSR count). The quantitative estimate of drug-likeness (QED) is 0.0628. The van der Waals surface area contributed by atoms with Crippen molar-refractivity contribution in [1.29, 1.82) is 0 Å². The molecule has 6 aromatic carbocycles. The number of fused-ring (bicyclic) bond motifs is 2. The van der Waals surface area contributed by atoms with E-state index in [9.17, 15) is 50.5 Å². The van der Waals surface area contributed by atoms with Gasteiger partial charge in [0.1, 0.15) is 21.3 Å². The van der Waals surface area contributed by atoms with Crippen molar-refractivity contribution in [2.45, 2.75) is 23.6 Å². The van der Waals surface area contributed by atoms with Gasteiger partial charge < -0.3 is 20.8 Å². The number of anilines is 4. The lowest BCUT2D eigenvalue weighted by atomic mass is 10.1. The molecule has 15 nitrogen and oxygen atoms in total. The summed E-state index contributed by atoms with van der Waals surface area (Å²) in [5.41, 5.74) is 1.98. The first-order valence-electron chi connectivity index (χ1n) is 15.8. The monoisotopic (exact) mass is 770 g/mol. The van der Waals surface area contributed by atoms with Gasteiger partial charge in [-0.15, -0.1) is 0 Å². The van der Waals surface area contributed by atoms with Crippen LogP contribution in [0.1, 0.15) is 31.8 Å². The van der Waals surface area contributed by atoms with Crippen LogP contribution in [0.15, 0.2) is 107 Å². The zero-order chi connectivity index (χ0) is 39.1. The van der Waals surface area contributed by atoms with Crippen molar-refractivity contribution in [3.05, 3.63) is 119 Å². The molecule has 6 aromatic rings. The number of phenolic OH excluding ortho intramolecular Hbond substituents is 2. The molecule has 0 aliphatic rings. The molecule has 17 heteroatoms. The predicted octanol–water partition coefficient (Wildman–Crippen LogP) is 6.28. The third-order valence-corrected chi connectivity index (χ3v) is 10.3. The van der Waals surface area contributed by atoms with Crippen LogP contribution in [0, 0.1) is 13.8 Å². The Bertz CT molecular complexity index is 2600. The molecule has 0 atom stereocenters. The number of aryl methyl sites for hydroxylation is 2. The number of benzene rings is 6. The van der Waals surface area contributed by atoms with E-state index in [2.05, 4.69) is 21.3 Å². The Morgan fingerprint density at radius 1 is 0.519 bits per heavy atom. The van der Waals surface area contributed by atoms with Crippen LogP contribution in [0.5, 0.6) is 11.5 Å². The standard InChI is InChI=1S/C37H30N4O11S2/c1-19-11-13-21(15-27(19)38-33-25-9-5-3-7-23(25)31(17-29(33)42)53(47,48)49)35(44)40-37(46)41-36(45)22-14-12-20(2)28(16-22)39-34-26-10-6-4-8-24(26)32(18-30(34)43)54(50,51)52/h3-18,38-39,42-43H,1-2H3,(H,47,48,49)(H,50,51,52)(H2,40,41,44,45,46). The van der Waals surface area contributed by atoms with Crippen LogP contribution in [-0.4, -0.2) is 54.0 Å². The van der Waals surface area contributed by atoms with Gasteiger partial charge in [0, 0.05) is 56.2 Å². The molecular formula is C37H30N4O11S2. The van der Waals surface area contributed by atoms with Gasteiger partial charge in [-0.2, -0.15) is 16.8 Å². The minimum atomic E-state index is -4.68. The maximum atomic E-state index is 13.1. The van der Waals surface area contributed by atoms with Crippen LogP contribution in [-0.2, 0) is 20.2 Å². The number of phenols is 2. The number of amides is 4. The first-order chi connectivity index (χ1) is 25.4. The summed E-state index contributed by atoms with van der Waals surface area (Å²) in [5.74, 6) is -2.77. The number of hydrogen-bond acceptors (Lipinski definition) is 11. The average molecular weight is 771 g/mol. The number of aromatic hydroxyl groups is 2. The number of carbonyl (C=O) groups is 3. The summed E-state index contributed by atoms with van der Waals surface area (Å²) in [7, 11) is -9.35. The van der Waals surface area contributed by atoms with Crippen LogP contribution in [0.25, 0.3) is 21.5 Å². The number of urea groups is 1. The Morgan fingerprint density at radius 2 is 0.870 bits per heavy atom. The van der Waals surface area contributed by atoms with Crippen molar-refractivity contribution in [3.8, 4) is 11.5 Å². The van der Waals surface area contributed by atoms with Crippen LogP contribution in [0.2, 0.25) is 0 Å². The van der Waals surface area contributed by atoms with Gasteiger partial charge in [0.15, 0.2) is 0 Å². The van der Waals surface area contributed by atoms with E-state index in [0.717, 1.165) is 12.1 Å². The van der Waals surface area contributed by atoms with Crippen molar-refractivity contribution in [1.82, 2.24) is 10.6 Å². The van der Waals surface area contributed by atoms with Crippen LogP contribution < -0.4 is 21.3 Å². The zero-order valence-electron chi connectivity index (χ0n) is 28.2. The average Bonchev–Trinajstić information content (AvgIpc) is 3.10. The lowest BCUT2D eigenvalue weighted by Crippen LogP contribution is -2.42. The topological polar surface area (TPSA) is 249 Å². The number of carbonyl (C=O) groups excluding carboxylic acids is 3. The summed E-state index contributed by atoms with van der Waals surface area (Å²) in [6, 6.07) is 21.7. The minimum absolute atomic E-state index is 0.0158. The van der Waals surface area contributed by atoms with Gasteiger partial charge in [-0.1, -0.05) is 60.7 Å². The Kier molecular flexibility index (Phi) is 9.74. The molecular weight excluding hydrogens is 741 g/mol. The molecule has 0 aromatic heterocycles. The van der Waals surface area contributed by atoms with E-state index in [4.69, 9.17) is 0 Å². The first-order valence-corrected chi connectivity index (χ1v) is 18.7.